The van der Waals surface area contributed by atoms with E-state index in [0.717, 1.165) is 29.9 Å². The number of piperidine rings is 1. The summed E-state index contributed by atoms with van der Waals surface area (Å²) < 4.78 is 0. The fraction of sp³-hybridized carbons (Fsp3) is 0.714. The number of nitrogens with one attached hydrogen (secondary N) is 1. The normalized spacial score (nSPS) is 27.3. The summed E-state index contributed by atoms with van der Waals surface area (Å²) in [6.07, 6.45) is 5.65. The van der Waals surface area contributed by atoms with Gasteiger partial charge in [-0.3, -0.25) is 4.90 Å². The Labute approximate surface area is 114 Å². The van der Waals surface area contributed by atoms with Gasteiger partial charge in [-0.25, -0.2) is 15.8 Å². The molecule has 1 aliphatic heterocycles. The number of nitrogens with two attached hydrogens (primary N) is 1. The van der Waals surface area contributed by atoms with Gasteiger partial charge in [0.25, 0.3) is 0 Å². The topological polar surface area (TPSA) is 67.1 Å². The maximum atomic E-state index is 5.44. The van der Waals surface area contributed by atoms with E-state index in [1.165, 1.54) is 38.8 Å². The standard InChI is InChI=1S/C14H23N5/c1-10-5-13(18-15)17-14(16-10)9-19-7-11-3-2-4-12(6-11)8-19/h5,11-12H,2-4,6-9,15H2,1H3,(H,16,17,18). The highest BCUT2D eigenvalue weighted by Crippen LogP contribution is 2.34. The molecular weight excluding hydrogens is 238 g/mol. The highest BCUT2D eigenvalue weighted by Gasteiger charge is 2.30. The number of rotatable bonds is 3. The van der Waals surface area contributed by atoms with Crippen molar-refractivity contribution < 1.29 is 0 Å². The molecule has 1 saturated carbocycles. The molecule has 2 unspecified atom stereocenters. The number of aryl methyl sites for hydroxylation is 1. The van der Waals surface area contributed by atoms with Gasteiger partial charge >= 0.3 is 0 Å². The summed E-state index contributed by atoms with van der Waals surface area (Å²) >= 11 is 0. The molecule has 0 radical (unpaired) electrons. The molecule has 3 N–H and O–H groups in total. The average molecular weight is 261 g/mol. The van der Waals surface area contributed by atoms with Crippen molar-refractivity contribution in [3.63, 3.8) is 0 Å². The Morgan fingerprint density at radius 3 is 2.74 bits per heavy atom. The maximum Gasteiger partial charge on any atom is 0.145 e. The molecule has 1 aromatic heterocycles. The molecule has 1 saturated heterocycles. The number of hydrogen-bond donors (Lipinski definition) is 2. The Balaban J connectivity index is 1.69. The van der Waals surface area contributed by atoms with E-state index >= 15 is 0 Å². The Morgan fingerprint density at radius 1 is 1.32 bits per heavy atom. The minimum Gasteiger partial charge on any atom is -0.308 e. The summed E-state index contributed by atoms with van der Waals surface area (Å²) in [5, 5.41) is 0. The van der Waals surface area contributed by atoms with Crippen LogP contribution in [0.4, 0.5) is 5.82 Å². The number of fused-ring (bicyclic) bond motifs is 2. The zero-order valence-electron chi connectivity index (χ0n) is 11.6. The summed E-state index contributed by atoms with van der Waals surface area (Å²) in [5.74, 6) is 8.82. The van der Waals surface area contributed by atoms with E-state index < -0.39 is 0 Å². The molecule has 0 spiro atoms. The van der Waals surface area contributed by atoms with Crippen molar-refractivity contribution in [3.8, 4) is 0 Å². The molecule has 2 heterocycles. The molecule has 0 aromatic carbocycles. The van der Waals surface area contributed by atoms with Crippen LogP contribution < -0.4 is 11.3 Å². The second-order valence-electron chi connectivity index (χ2n) is 6.05. The lowest BCUT2D eigenvalue weighted by Crippen LogP contribution is -2.42. The monoisotopic (exact) mass is 261 g/mol. The van der Waals surface area contributed by atoms with Crippen molar-refractivity contribution in [3.05, 3.63) is 17.6 Å². The molecular formula is C14H23N5. The average Bonchev–Trinajstić information content (AvgIpc) is 2.37. The van der Waals surface area contributed by atoms with Gasteiger partial charge in [-0.1, -0.05) is 6.42 Å². The Morgan fingerprint density at radius 2 is 2.05 bits per heavy atom. The van der Waals surface area contributed by atoms with Crippen LogP contribution in [0.5, 0.6) is 0 Å². The van der Waals surface area contributed by atoms with Gasteiger partial charge in [0.05, 0.1) is 6.54 Å². The van der Waals surface area contributed by atoms with Crippen LogP contribution in [-0.4, -0.2) is 28.0 Å². The summed E-state index contributed by atoms with van der Waals surface area (Å²) in [6, 6.07) is 1.87. The van der Waals surface area contributed by atoms with Crippen LogP contribution in [0.3, 0.4) is 0 Å². The predicted octanol–water partition coefficient (Wildman–Crippen LogP) is 1.69. The van der Waals surface area contributed by atoms with Crippen molar-refractivity contribution in [2.45, 2.75) is 39.2 Å². The van der Waals surface area contributed by atoms with Crippen molar-refractivity contribution in [1.29, 1.82) is 0 Å². The minimum absolute atomic E-state index is 0.708. The summed E-state index contributed by atoms with van der Waals surface area (Å²) in [4.78, 5) is 11.5. The largest absolute Gasteiger partial charge is 0.308 e. The van der Waals surface area contributed by atoms with Crippen LogP contribution in [0.15, 0.2) is 6.07 Å². The van der Waals surface area contributed by atoms with E-state index in [2.05, 4.69) is 20.3 Å². The summed E-state index contributed by atoms with van der Waals surface area (Å²) in [6.45, 7) is 5.25. The van der Waals surface area contributed by atoms with Crippen molar-refractivity contribution in [2.24, 2.45) is 17.7 Å². The van der Waals surface area contributed by atoms with Gasteiger partial charge in [-0.05, 0) is 38.0 Å². The third-order valence-corrected chi connectivity index (χ3v) is 4.34. The molecule has 19 heavy (non-hydrogen) atoms. The van der Waals surface area contributed by atoms with Gasteiger partial charge in [0.15, 0.2) is 0 Å². The molecule has 2 atom stereocenters. The molecule has 5 nitrogen and oxygen atoms in total. The van der Waals surface area contributed by atoms with E-state index in [4.69, 9.17) is 5.84 Å². The Bertz CT molecular complexity index is 435. The van der Waals surface area contributed by atoms with Gasteiger partial charge in [0.2, 0.25) is 0 Å². The fourth-order valence-corrected chi connectivity index (χ4v) is 3.64. The molecule has 1 aliphatic carbocycles. The summed E-state index contributed by atoms with van der Waals surface area (Å²) in [5.41, 5.74) is 3.58. The van der Waals surface area contributed by atoms with E-state index in [-0.39, 0.29) is 0 Å². The van der Waals surface area contributed by atoms with Gasteiger partial charge < -0.3 is 5.43 Å². The molecule has 3 rings (SSSR count). The predicted molar refractivity (Wildman–Crippen MR) is 75.3 cm³/mol. The van der Waals surface area contributed by atoms with Crippen LogP contribution in [0, 0.1) is 18.8 Å². The first-order chi connectivity index (χ1) is 9.22. The molecule has 2 bridgehead atoms. The number of likely N-dealkylation sites (tertiary alicyclic amines) is 1. The highest BCUT2D eigenvalue weighted by molar-refractivity contribution is 5.33. The van der Waals surface area contributed by atoms with E-state index in [9.17, 15) is 0 Å². The van der Waals surface area contributed by atoms with Gasteiger partial charge in [0, 0.05) is 24.8 Å². The SMILES string of the molecule is Cc1cc(NN)nc(CN2CC3CCCC(C3)C2)n1. The van der Waals surface area contributed by atoms with Gasteiger partial charge in [-0.2, -0.15) is 0 Å². The number of anilines is 1. The zero-order chi connectivity index (χ0) is 13.2. The number of aromatic nitrogens is 2. The van der Waals surface area contributed by atoms with Crippen LogP contribution in [-0.2, 0) is 6.54 Å². The second kappa shape index (κ2) is 5.43. The lowest BCUT2D eigenvalue weighted by molar-refractivity contribution is 0.0788. The second-order valence-corrected chi connectivity index (χ2v) is 6.05. The molecule has 2 fully saturated rings. The molecule has 0 amide bonds. The third-order valence-electron chi connectivity index (χ3n) is 4.34. The van der Waals surface area contributed by atoms with Gasteiger partial charge in [0.1, 0.15) is 11.6 Å². The van der Waals surface area contributed by atoms with E-state index in [0.29, 0.717) is 5.82 Å². The molecule has 1 aromatic rings. The van der Waals surface area contributed by atoms with Gasteiger partial charge in [-0.15, -0.1) is 0 Å². The quantitative estimate of drug-likeness (QED) is 0.640. The van der Waals surface area contributed by atoms with E-state index in [1.54, 1.807) is 0 Å². The van der Waals surface area contributed by atoms with Crippen molar-refractivity contribution in [2.75, 3.05) is 18.5 Å². The fourth-order valence-electron chi connectivity index (χ4n) is 3.64. The highest BCUT2D eigenvalue weighted by atomic mass is 15.3. The lowest BCUT2D eigenvalue weighted by Gasteiger charge is -2.41. The maximum absolute atomic E-state index is 5.44. The van der Waals surface area contributed by atoms with Crippen molar-refractivity contribution in [1.82, 2.24) is 14.9 Å². The van der Waals surface area contributed by atoms with Crippen LogP contribution in [0.2, 0.25) is 0 Å². The minimum atomic E-state index is 0.708. The third kappa shape index (κ3) is 3.04. The van der Waals surface area contributed by atoms with Crippen LogP contribution in [0.25, 0.3) is 0 Å². The Hall–Kier alpha value is -1.20. The van der Waals surface area contributed by atoms with Crippen molar-refractivity contribution >= 4 is 5.82 Å². The first-order valence-electron chi connectivity index (χ1n) is 7.26. The summed E-state index contributed by atoms with van der Waals surface area (Å²) in [7, 11) is 0. The number of nitrogens with zero attached hydrogens (tertiary/aromatic N) is 3. The molecule has 104 valence electrons. The lowest BCUT2D eigenvalue weighted by atomic mass is 9.78. The molecule has 2 aliphatic rings. The zero-order valence-corrected chi connectivity index (χ0v) is 11.6. The van der Waals surface area contributed by atoms with E-state index in [1.807, 2.05) is 13.0 Å². The first kappa shape index (κ1) is 12.8. The number of hydrazine groups is 1. The number of nitrogen functional groups attached to an aromatic ring is 1. The van der Waals surface area contributed by atoms with Crippen LogP contribution in [0.1, 0.15) is 37.2 Å². The van der Waals surface area contributed by atoms with Crippen LogP contribution >= 0.6 is 0 Å². The first-order valence-corrected chi connectivity index (χ1v) is 7.26. The molecule has 5 heteroatoms. The smallest absolute Gasteiger partial charge is 0.145 e. The number of hydrogen-bond acceptors (Lipinski definition) is 5. The Kier molecular flexibility index (Phi) is 3.66.